The van der Waals surface area contributed by atoms with Gasteiger partial charge in [-0.2, -0.15) is 0 Å². The monoisotopic (exact) mass is 340 g/mol. The number of hydrogen-bond acceptors (Lipinski definition) is 4. The minimum absolute atomic E-state index is 0.122. The van der Waals surface area contributed by atoms with Gasteiger partial charge in [0.25, 0.3) is 0 Å². The summed E-state index contributed by atoms with van der Waals surface area (Å²) in [6.07, 6.45) is -0.636. The molecule has 1 amide bonds. The lowest BCUT2D eigenvalue weighted by Gasteiger charge is -2.28. The van der Waals surface area contributed by atoms with E-state index in [1.165, 1.54) is 6.92 Å². The zero-order valence-electron chi connectivity index (χ0n) is 13.9. The van der Waals surface area contributed by atoms with Gasteiger partial charge in [-0.15, -0.1) is 0 Å². The first kappa shape index (κ1) is 19.5. The Morgan fingerprint density at radius 2 is 2.00 bits per heavy atom. The number of ether oxygens (including phenoxy) is 1. The van der Waals surface area contributed by atoms with E-state index < -0.39 is 6.10 Å². The summed E-state index contributed by atoms with van der Waals surface area (Å²) in [5.41, 5.74) is 0.706. The zero-order chi connectivity index (χ0) is 17.4. The van der Waals surface area contributed by atoms with E-state index in [1.54, 1.807) is 24.3 Å². The van der Waals surface area contributed by atoms with E-state index >= 15 is 0 Å². The highest BCUT2D eigenvalue weighted by Crippen LogP contribution is 2.16. The smallest absolute Gasteiger partial charge is 0.221 e. The van der Waals surface area contributed by atoms with E-state index in [9.17, 15) is 9.90 Å². The van der Waals surface area contributed by atoms with Crippen LogP contribution in [0.15, 0.2) is 35.9 Å². The molecule has 0 spiro atoms. The van der Waals surface area contributed by atoms with Crippen LogP contribution in [0, 0.1) is 0 Å². The van der Waals surface area contributed by atoms with Gasteiger partial charge >= 0.3 is 0 Å². The molecule has 1 aromatic carbocycles. The number of nitrogens with one attached hydrogen (secondary N) is 1. The van der Waals surface area contributed by atoms with Crippen molar-refractivity contribution in [1.29, 1.82) is 0 Å². The van der Waals surface area contributed by atoms with Crippen molar-refractivity contribution in [3.8, 4) is 5.75 Å². The van der Waals surface area contributed by atoms with E-state index in [2.05, 4.69) is 11.9 Å². The van der Waals surface area contributed by atoms with Crippen molar-refractivity contribution >= 4 is 23.2 Å². The molecule has 128 valence electrons. The van der Waals surface area contributed by atoms with Crippen molar-refractivity contribution in [2.24, 2.45) is 0 Å². The second kappa shape index (κ2) is 9.55. The zero-order valence-corrected chi connectivity index (χ0v) is 14.6. The van der Waals surface area contributed by atoms with Crippen LogP contribution in [0.4, 0.5) is 5.69 Å². The Labute approximate surface area is 142 Å². The highest BCUT2D eigenvalue weighted by Gasteiger charge is 2.15. The van der Waals surface area contributed by atoms with Gasteiger partial charge in [-0.25, -0.2) is 0 Å². The predicted molar refractivity (Wildman–Crippen MR) is 93.9 cm³/mol. The molecule has 1 aromatic rings. The Bertz CT molecular complexity index is 517. The van der Waals surface area contributed by atoms with Gasteiger partial charge in [-0.1, -0.05) is 18.2 Å². The SMILES string of the molecule is C=C(Cl)CN(CC(O)COc1ccc(NC(C)=O)cc1)C(C)C. The normalized spacial score (nSPS) is 12.3. The maximum absolute atomic E-state index is 11.0. The summed E-state index contributed by atoms with van der Waals surface area (Å²) < 4.78 is 5.57. The lowest BCUT2D eigenvalue weighted by atomic mass is 10.2. The molecule has 0 bridgehead atoms. The number of carbonyl (C=O) groups excluding carboxylic acids is 1. The number of aliphatic hydroxyl groups excluding tert-OH is 1. The Balaban J connectivity index is 2.46. The molecular weight excluding hydrogens is 316 g/mol. The number of amides is 1. The summed E-state index contributed by atoms with van der Waals surface area (Å²) >= 11 is 5.84. The van der Waals surface area contributed by atoms with Crippen LogP contribution < -0.4 is 10.1 Å². The lowest BCUT2D eigenvalue weighted by molar-refractivity contribution is -0.114. The molecule has 0 saturated heterocycles. The number of halogens is 1. The minimum Gasteiger partial charge on any atom is -0.491 e. The molecule has 0 saturated carbocycles. The summed E-state index contributed by atoms with van der Waals surface area (Å²) in [5, 5.41) is 13.3. The summed E-state index contributed by atoms with van der Waals surface area (Å²) in [7, 11) is 0. The quantitative estimate of drug-likeness (QED) is 0.725. The predicted octanol–water partition coefficient (Wildman–Crippen LogP) is 2.85. The van der Waals surface area contributed by atoms with Crippen molar-refractivity contribution < 1.29 is 14.6 Å². The number of hydrogen-bond donors (Lipinski definition) is 2. The summed E-state index contributed by atoms with van der Waals surface area (Å²) in [6.45, 7) is 10.4. The van der Waals surface area contributed by atoms with E-state index in [0.29, 0.717) is 29.6 Å². The Kier molecular flexibility index (Phi) is 8.09. The van der Waals surface area contributed by atoms with Gasteiger partial charge in [-0.05, 0) is 38.1 Å². The van der Waals surface area contributed by atoms with Crippen LogP contribution in [0.3, 0.4) is 0 Å². The first-order valence-electron chi connectivity index (χ1n) is 7.53. The second-order valence-electron chi connectivity index (χ2n) is 5.71. The van der Waals surface area contributed by atoms with Crippen molar-refractivity contribution in [3.63, 3.8) is 0 Å². The minimum atomic E-state index is -0.636. The molecule has 0 radical (unpaired) electrons. The summed E-state index contributed by atoms with van der Waals surface area (Å²) in [5.74, 6) is 0.514. The molecule has 0 fully saturated rings. The van der Waals surface area contributed by atoms with Crippen LogP contribution in [0.1, 0.15) is 20.8 Å². The molecule has 0 aliphatic heterocycles. The first-order chi connectivity index (χ1) is 10.8. The molecule has 0 heterocycles. The molecule has 23 heavy (non-hydrogen) atoms. The lowest BCUT2D eigenvalue weighted by Crippen LogP contribution is -2.40. The highest BCUT2D eigenvalue weighted by molar-refractivity contribution is 6.29. The summed E-state index contributed by atoms with van der Waals surface area (Å²) in [6, 6.07) is 7.25. The molecule has 1 atom stereocenters. The van der Waals surface area contributed by atoms with Gasteiger partial charge in [0.15, 0.2) is 0 Å². The fraction of sp³-hybridized carbons (Fsp3) is 0.471. The second-order valence-corrected chi connectivity index (χ2v) is 6.25. The molecule has 2 N–H and O–H groups in total. The van der Waals surface area contributed by atoms with E-state index in [1.807, 2.05) is 18.7 Å². The number of aliphatic hydroxyl groups is 1. The topological polar surface area (TPSA) is 61.8 Å². The third kappa shape index (κ3) is 8.02. The van der Waals surface area contributed by atoms with Crippen molar-refractivity contribution in [3.05, 3.63) is 35.9 Å². The van der Waals surface area contributed by atoms with Crippen LogP contribution in [-0.4, -0.2) is 47.8 Å². The number of carbonyl (C=O) groups is 1. The number of rotatable bonds is 9. The fourth-order valence-corrected chi connectivity index (χ4v) is 2.19. The number of benzene rings is 1. The van der Waals surface area contributed by atoms with Crippen LogP contribution in [0.2, 0.25) is 0 Å². The molecule has 6 heteroatoms. The Morgan fingerprint density at radius 3 is 2.48 bits per heavy atom. The van der Waals surface area contributed by atoms with Gasteiger partial charge in [-0.3, -0.25) is 9.69 Å². The van der Waals surface area contributed by atoms with Crippen LogP contribution in [0.25, 0.3) is 0 Å². The number of anilines is 1. The van der Waals surface area contributed by atoms with E-state index in [-0.39, 0.29) is 18.6 Å². The molecule has 1 rings (SSSR count). The maximum atomic E-state index is 11.0. The average molecular weight is 341 g/mol. The highest BCUT2D eigenvalue weighted by atomic mass is 35.5. The van der Waals surface area contributed by atoms with Crippen molar-refractivity contribution in [2.45, 2.75) is 32.9 Å². The van der Waals surface area contributed by atoms with Crippen molar-refractivity contribution in [2.75, 3.05) is 25.0 Å². The van der Waals surface area contributed by atoms with Gasteiger partial charge in [0.1, 0.15) is 18.5 Å². The van der Waals surface area contributed by atoms with Crippen LogP contribution in [-0.2, 0) is 4.79 Å². The van der Waals surface area contributed by atoms with Gasteiger partial charge in [0.05, 0.1) is 0 Å². The van der Waals surface area contributed by atoms with Crippen LogP contribution >= 0.6 is 11.6 Å². The number of nitrogens with zero attached hydrogens (tertiary/aromatic N) is 1. The van der Waals surface area contributed by atoms with Crippen molar-refractivity contribution in [1.82, 2.24) is 4.90 Å². The third-order valence-electron chi connectivity index (χ3n) is 3.17. The third-order valence-corrected chi connectivity index (χ3v) is 3.29. The molecule has 1 unspecified atom stereocenters. The standard InChI is InChI=1S/C17H25ClN2O3/c1-12(2)20(9-13(3)18)10-16(22)11-23-17-7-5-15(6-8-17)19-14(4)21/h5-8,12,16,22H,3,9-11H2,1-2,4H3,(H,19,21). The average Bonchev–Trinajstić information content (AvgIpc) is 2.44. The van der Waals surface area contributed by atoms with Gasteiger partial charge < -0.3 is 15.2 Å². The van der Waals surface area contributed by atoms with Gasteiger partial charge in [0.2, 0.25) is 5.91 Å². The molecule has 0 aliphatic rings. The largest absolute Gasteiger partial charge is 0.491 e. The summed E-state index contributed by atoms with van der Waals surface area (Å²) in [4.78, 5) is 13.0. The van der Waals surface area contributed by atoms with Crippen LogP contribution in [0.5, 0.6) is 5.75 Å². The molecule has 0 aromatic heterocycles. The van der Waals surface area contributed by atoms with E-state index in [4.69, 9.17) is 16.3 Å². The maximum Gasteiger partial charge on any atom is 0.221 e. The first-order valence-corrected chi connectivity index (χ1v) is 7.91. The van der Waals surface area contributed by atoms with E-state index in [0.717, 1.165) is 0 Å². The Morgan fingerprint density at radius 1 is 1.39 bits per heavy atom. The van der Waals surface area contributed by atoms with Gasteiger partial charge in [0, 0.05) is 36.8 Å². The molecule has 0 aliphatic carbocycles. The Hall–Kier alpha value is -1.56. The molecular formula is C17H25ClN2O3. The fourth-order valence-electron chi connectivity index (χ4n) is 2.03. The molecule has 5 nitrogen and oxygen atoms in total.